The van der Waals surface area contributed by atoms with E-state index in [4.69, 9.17) is 4.42 Å². The molecule has 2 heteroatoms. The molecule has 0 N–H and O–H groups in total. The number of anilines is 3. The van der Waals surface area contributed by atoms with Crippen LogP contribution in [0.5, 0.6) is 0 Å². The molecule has 1 heterocycles. The van der Waals surface area contributed by atoms with E-state index in [1.807, 2.05) is 0 Å². The zero-order chi connectivity index (χ0) is 42.1. The van der Waals surface area contributed by atoms with Crippen molar-refractivity contribution < 1.29 is 4.42 Å². The predicted molar refractivity (Wildman–Crippen MR) is 265 cm³/mol. The molecule has 0 fully saturated rings. The number of hydrogen-bond acceptors (Lipinski definition) is 2. The zero-order valence-electron chi connectivity index (χ0n) is 35.2. The minimum atomic E-state index is -0.168. The highest BCUT2D eigenvalue weighted by atomic mass is 16.3. The van der Waals surface area contributed by atoms with Crippen molar-refractivity contribution in [1.82, 2.24) is 0 Å². The maximum Gasteiger partial charge on any atom is 0.143 e. The smallest absolute Gasteiger partial charge is 0.143 e. The molecule has 0 spiro atoms. The molecule has 1 aromatic heterocycles. The van der Waals surface area contributed by atoms with Crippen molar-refractivity contribution in [2.75, 3.05) is 4.90 Å². The van der Waals surface area contributed by atoms with Gasteiger partial charge in [0.05, 0.1) is 16.8 Å². The first kappa shape index (κ1) is 36.9. The predicted octanol–water partition coefficient (Wildman–Crippen LogP) is 17.2. The lowest BCUT2D eigenvalue weighted by atomic mass is 9.82. The number of rotatable bonds is 7. The summed E-state index contributed by atoms with van der Waals surface area (Å²) >= 11 is 0. The Bertz CT molecular complexity index is 3510. The molecule has 0 atom stereocenters. The minimum Gasteiger partial charge on any atom is -0.455 e. The van der Waals surface area contributed by atoms with E-state index in [1.54, 1.807) is 0 Å². The van der Waals surface area contributed by atoms with E-state index in [0.717, 1.165) is 61.3 Å². The van der Waals surface area contributed by atoms with Crippen molar-refractivity contribution in [2.24, 2.45) is 0 Å². The Kier molecular flexibility index (Phi) is 8.55. The summed E-state index contributed by atoms with van der Waals surface area (Å²) < 4.78 is 7.12. The Morgan fingerprint density at radius 3 is 1.67 bits per heavy atom. The monoisotopic (exact) mass is 805 g/mol. The van der Waals surface area contributed by atoms with Crippen molar-refractivity contribution in [1.29, 1.82) is 0 Å². The van der Waals surface area contributed by atoms with Crippen molar-refractivity contribution in [2.45, 2.75) is 19.3 Å². The van der Waals surface area contributed by atoms with E-state index < -0.39 is 0 Å². The van der Waals surface area contributed by atoms with Gasteiger partial charge in [0.1, 0.15) is 11.2 Å². The van der Waals surface area contributed by atoms with E-state index >= 15 is 0 Å². The van der Waals surface area contributed by atoms with E-state index in [1.165, 1.54) is 55.3 Å². The highest BCUT2D eigenvalue weighted by Gasteiger charge is 2.36. The van der Waals surface area contributed by atoms with Gasteiger partial charge >= 0.3 is 0 Å². The molecule has 0 saturated heterocycles. The molecule has 11 aromatic rings. The number of furan rings is 1. The highest BCUT2D eigenvalue weighted by Crippen LogP contribution is 2.53. The van der Waals surface area contributed by atoms with Crippen molar-refractivity contribution >= 4 is 49.8 Å². The lowest BCUT2D eigenvalue weighted by Crippen LogP contribution is -2.17. The average molecular weight is 806 g/mol. The molecule has 0 radical (unpaired) electrons. The summed E-state index contributed by atoms with van der Waals surface area (Å²) in [5, 5.41) is 4.51. The van der Waals surface area contributed by atoms with Crippen LogP contribution in [0.25, 0.3) is 88.3 Å². The molecule has 0 unspecified atom stereocenters. The lowest BCUT2D eigenvalue weighted by Gasteiger charge is -2.30. The Morgan fingerprint density at radius 2 is 0.937 bits per heavy atom. The maximum absolute atomic E-state index is 7.12. The van der Waals surface area contributed by atoms with Crippen LogP contribution >= 0.6 is 0 Å². The molecular weight excluding hydrogens is 763 g/mol. The van der Waals surface area contributed by atoms with E-state index in [-0.39, 0.29) is 5.41 Å². The largest absolute Gasteiger partial charge is 0.455 e. The summed E-state index contributed by atoms with van der Waals surface area (Å²) in [5.41, 5.74) is 19.4. The minimum absolute atomic E-state index is 0.168. The van der Waals surface area contributed by atoms with Gasteiger partial charge in [0.15, 0.2) is 0 Å². The molecule has 298 valence electrons. The van der Waals surface area contributed by atoms with Crippen LogP contribution in [-0.2, 0) is 5.41 Å². The third-order valence-corrected chi connectivity index (χ3v) is 13.3. The van der Waals surface area contributed by atoms with Gasteiger partial charge in [-0.15, -0.1) is 0 Å². The van der Waals surface area contributed by atoms with Gasteiger partial charge in [0.25, 0.3) is 0 Å². The van der Waals surface area contributed by atoms with Crippen molar-refractivity contribution in [3.05, 3.63) is 236 Å². The van der Waals surface area contributed by atoms with Crippen LogP contribution in [0.4, 0.5) is 17.1 Å². The SMILES string of the molecule is CC1(C)c2ccccc2-c2ccc(N(c3ccccc3-c3ccc(-c4ccccc4)cc3)c3cccc4oc5c(-c6ccc(-c7ccccc7)cc6)c6ccccc6cc5c34)cc21. The van der Waals surface area contributed by atoms with E-state index in [9.17, 15) is 0 Å². The van der Waals surface area contributed by atoms with Crippen LogP contribution < -0.4 is 4.90 Å². The summed E-state index contributed by atoms with van der Waals surface area (Å²) in [6, 6.07) is 81.5. The quantitative estimate of drug-likeness (QED) is 0.160. The first-order valence-corrected chi connectivity index (χ1v) is 21.8. The topological polar surface area (TPSA) is 16.4 Å². The summed E-state index contributed by atoms with van der Waals surface area (Å²) in [7, 11) is 0. The second kappa shape index (κ2) is 14.6. The highest BCUT2D eigenvalue weighted by molar-refractivity contribution is 6.22. The molecule has 0 saturated carbocycles. The number of benzene rings is 10. The Balaban J connectivity index is 1.10. The Morgan fingerprint density at radius 1 is 0.381 bits per heavy atom. The van der Waals surface area contributed by atoms with Crippen LogP contribution in [0, 0.1) is 0 Å². The van der Waals surface area contributed by atoms with Gasteiger partial charge in [-0.25, -0.2) is 0 Å². The average Bonchev–Trinajstić information content (AvgIpc) is 3.83. The van der Waals surface area contributed by atoms with Crippen LogP contribution in [0.15, 0.2) is 229 Å². The molecule has 0 amide bonds. The normalized spacial score (nSPS) is 12.7. The molecular formula is C61H43NO. The standard InChI is InChI=1S/C61H43NO/c1-61(2)53-24-13-11-23-50(53)51-37-36-47(39-54(51)61)62(55-25-14-12-21-48(55)44-32-28-42(29-33-44)40-16-5-3-6-17-40)56-26-15-27-57-59(56)52-38-46-20-9-10-22-49(46)58(60(52)63-57)45-34-30-43(31-35-45)41-18-7-4-8-19-41/h3-39H,1-2H3. The third kappa shape index (κ3) is 6.02. The second-order valence-electron chi connectivity index (χ2n) is 17.2. The van der Waals surface area contributed by atoms with Gasteiger partial charge in [-0.1, -0.05) is 202 Å². The van der Waals surface area contributed by atoms with Crippen LogP contribution in [0.3, 0.4) is 0 Å². The molecule has 1 aliphatic rings. The summed E-state index contributed by atoms with van der Waals surface area (Å²) in [5.74, 6) is 0. The first-order chi connectivity index (χ1) is 31.0. The molecule has 63 heavy (non-hydrogen) atoms. The number of nitrogens with zero attached hydrogens (tertiary/aromatic N) is 1. The maximum atomic E-state index is 7.12. The van der Waals surface area contributed by atoms with Crippen molar-refractivity contribution in [3.8, 4) is 55.6 Å². The number of hydrogen-bond donors (Lipinski definition) is 0. The molecule has 0 bridgehead atoms. The van der Waals surface area contributed by atoms with Crippen molar-refractivity contribution in [3.63, 3.8) is 0 Å². The van der Waals surface area contributed by atoms with Gasteiger partial charge in [-0.05, 0) is 103 Å². The van der Waals surface area contributed by atoms with Gasteiger partial charge in [-0.2, -0.15) is 0 Å². The number of para-hydroxylation sites is 1. The fourth-order valence-corrected chi connectivity index (χ4v) is 10.2. The van der Waals surface area contributed by atoms with E-state index in [2.05, 4.69) is 243 Å². The molecule has 2 nitrogen and oxygen atoms in total. The fraction of sp³-hybridized carbons (Fsp3) is 0.0492. The Hall–Kier alpha value is -7.94. The van der Waals surface area contributed by atoms with Gasteiger partial charge < -0.3 is 9.32 Å². The van der Waals surface area contributed by atoms with Gasteiger partial charge in [0.2, 0.25) is 0 Å². The van der Waals surface area contributed by atoms with Crippen LogP contribution in [-0.4, -0.2) is 0 Å². The van der Waals surface area contributed by atoms with Crippen LogP contribution in [0.1, 0.15) is 25.0 Å². The molecule has 1 aliphatic carbocycles. The van der Waals surface area contributed by atoms with E-state index in [0.29, 0.717) is 0 Å². The fourth-order valence-electron chi connectivity index (χ4n) is 10.2. The van der Waals surface area contributed by atoms with Gasteiger partial charge in [0, 0.05) is 27.6 Å². The molecule has 10 aromatic carbocycles. The zero-order valence-corrected chi connectivity index (χ0v) is 35.2. The van der Waals surface area contributed by atoms with Gasteiger partial charge in [-0.3, -0.25) is 0 Å². The molecule has 0 aliphatic heterocycles. The summed E-state index contributed by atoms with van der Waals surface area (Å²) in [6.45, 7) is 4.72. The first-order valence-electron chi connectivity index (χ1n) is 21.8. The molecule has 12 rings (SSSR count). The summed E-state index contributed by atoms with van der Waals surface area (Å²) in [6.07, 6.45) is 0. The second-order valence-corrected chi connectivity index (χ2v) is 17.2. The lowest BCUT2D eigenvalue weighted by molar-refractivity contribution is 0.660. The summed E-state index contributed by atoms with van der Waals surface area (Å²) in [4.78, 5) is 2.47. The number of fused-ring (bicyclic) bond motifs is 7. The Labute approximate surface area is 368 Å². The third-order valence-electron chi connectivity index (χ3n) is 13.3. The van der Waals surface area contributed by atoms with Crippen LogP contribution in [0.2, 0.25) is 0 Å².